The van der Waals surface area contributed by atoms with E-state index in [1.165, 1.54) is 17.9 Å². The van der Waals surface area contributed by atoms with Gasteiger partial charge in [0.05, 0.1) is 13.7 Å². The third kappa shape index (κ3) is 6.12. The van der Waals surface area contributed by atoms with E-state index in [2.05, 4.69) is 10.1 Å². The molecular weight excluding hydrogens is 441 g/mol. The number of aromatic amines is 1. The summed E-state index contributed by atoms with van der Waals surface area (Å²) < 4.78 is 29.2. The Kier molecular flexibility index (Phi) is 7.60. The van der Waals surface area contributed by atoms with Gasteiger partial charge >= 0.3 is 19.4 Å². The number of H-pyrrole nitrogens is 1. The van der Waals surface area contributed by atoms with Crippen LogP contribution in [0.5, 0.6) is 0 Å². The Balaban J connectivity index is 1.59. The molecule has 1 aromatic heterocycles. The minimum atomic E-state index is -4.40. The van der Waals surface area contributed by atoms with Crippen molar-refractivity contribution in [1.29, 1.82) is 0 Å². The summed E-state index contributed by atoms with van der Waals surface area (Å²) in [5.74, 6) is -0.711. The van der Waals surface area contributed by atoms with E-state index in [1.807, 2.05) is 6.07 Å². The minimum Gasteiger partial charge on any atom is -0.468 e. The van der Waals surface area contributed by atoms with Gasteiger partial charge in [0.25, 0.3) is 5.56 Å². The normalized spacial score (nSPS) is 20.6. The molecule has 11 nitrogen and oxygen atoms in total. The molecule has 1 aliphatic heterocycles. The number of nitrogens with one attached hydrogen (secondary N) is 2. The summed E-state index contributed by atoms with van der Waals surface area (Å²) in [6, 6.07) is 7.84. The Labute approximate surface area is 183 Å². The van der Waals surface area contributed by atoms with Gasteiger partial charge in [-0.05, 0) is 25.0 Å². The highest BCUT2D eigenvalue weighted by molar-refractivity contribution is 7.50. The maximum Gasteiger partial charge on any atom is 0.403 e. The quantitative estimate of drug-likeness (QED) is 0.278. The number of carbonyl (C=O) groups excluding carboxylic acids is 1. The van der Waals surface area contributed by atoms with Crippen molar-refractivity contribution in [2.75, 3.05) is 13.7 Å². The molecule has 0 radical (unpaired) electrons. The van der Waals surface area contributed by atoms with Gasteiger partial charge in [0.2, 0.25) is 0 Å². The molecule has 0 saturated carbocycles. The van der Waals surface area contributed by atoms with E-state index in [9.17, 15) is 23.8 Å². The average molecular weight is 465 g/mol. The first kappa shape index (κ1) is 23.8. The second kappa shape index (κ2) is 10.2. The van der Waals surface area contributed by atoms with Crippen LogP contribution in [0.3, 0.4) is 0 Å². The minimum absolute atomic E-state index is 0.123. The fourth-order valence-electron chi connectivity index (χ4n) is 3.10. The van der Waals surface area contributed by atoms with Crippen LogP contribution in [-0.2, 0) is 29.8 Å². The largest absolute Gasteiger partial charge is 0.468 e. The van der Waals surface area contributed by atoms with Crippen molar-refractivity contribution >= 4 is 13.7 Å². The van der Waals surface area contributed by atoms with E-state index in [1.54, 1.807) is 43.3 Å². The monoisotopic (exact) mass is 465 g/mol. The Morgan fingerprint density at radius 3 is 2.72 bits per heavy atom. The van der Waals surface area contributed by atoms with E-state index in [0.717, 1.165) is 5.56 Å². The Bertz CT molecular complexity index is 1140. The molecule has 0 spiro atoms. The highest BCUT2D eigenvalue weighted by Crippen LogP contribution is 2.39. The number of hydrogen-bond donors (Lipinski definition) is 3. The molecular formula is C20H24N3O8P. The van der Waals surface area contributed by atoms with E-state index < -0.39 is 43.3 Å². The molecule has 0 saturated heterocycles. The molecule has 0 amide bonds. The number of carbonyl (C=O) groups is 1. The van der Waals surface area contributed by atoms with Gasteiger partial charge in [-0.1, -0.05) is 36.4 Å². The molecule has 3 rings (SSSR count). The summed E-state index contributed by atoms with van der Waals surface area (Å²) in [7, 11) is -3.22. The number of aromatic nitrogens is 2. The van der Waals surface area contributed by atoms with Crippen molar-refractivity contribution in [3.05, 3.63) is 80.6 Å². The molecule has 0 bridgehead atoms. The standard InChI is InChI=1S/C20H24N3O8P/c1-13-11-23(20(26)21-18(13)24)17-9-8-15(31-17)12-30-32(27,28)22-16(19(25)29-2)10-14-6-4-3-5-7-14/h3-9,11,15-17H,10,12H2,1-2H3,(H,21,24,26)(H2,22,27,28)/t15?,16-,17?/m0/s1. The van der Waals surface area contributed by atoms with Crippen LogP contribution >= 0.6 is 7.75 Å². The lowest BCUT2D eigenvalue weighted by atomic mass is 10.1. The summed E-state index contributed by atoms with van der Waals surface area (Å²) in [4.78, 5) is 48.0. The molecule has 1 aromatic carbocycles. The maximum absolute atomic E-state index is 12.5. The number of esters is 1. The number of methoxy groups -OCH3 is 1. The average Bonchev–Trinajstić information content (AvgIpc) is 3.23. The third-order valence-electron chi connectivity index (χ3n) is 4.73. The molecule has 1 aliphatic rings. The zero-order chi connectivity index (χ0) is 23.3. The lowest BCUT2D eigenvalue weighted by molar-refractivity contribution is -0.142. The summed E-state index contributed by atoms with van der Waals surface area (Å²) in [5.41, 5.74) is -0.0382. The highest BCUT2D eigenvalue weighted by atomic mass is 31.2. The van der Waals surface area contributed by atoms with Crippen LogP contribution in [-0.4, -0.2) is 46.3 Å². The van der Waals surface area contributed by atoms with E-state index in [-0.39, 0.29) is 13.0 Å². The number of benzene rings is 1. The Morgan fingerprint density at radius 1 is 1.31 bits per heavy atom. The molecule has 32 heavy (non-hydrogen) atoms. The molecule has 3 N–H and O–H groups in total. The van der Waals surface area contributed by atoms with Crippen molar-refractivity contribution < 1.29 is 28.3 Å². The van der Waals surface area contributed by atoms with Crippen LogP contribution in [0.25, 0.3) is 0 Å². The topological polar surface area (TPSA) is 149 Å². The predicted octanol–water partition coefficient (Wildman–Crippen LogP) is 0.790. The smallest absolute Gasteiger partial charge is 0.403 e. The molecule has 172 valence electrons. The SMILES string of the molecule is COC(=O)[C@H](Cc1ccccc1)NP(=O)(O)OCC1C=CC(n2cc(C)c(=O)[nH]c2=O)O1. The summed E-state index contributed by atoms with van der Waals surface area (Å²) in [6.07, 6.45) is 3.08. The summed E-state index contributed by atoms with van der Waals surface area (Å²) >= 11 is 0. The summed E-state index contributed by atoms with van der Waals surface area (Å²) in [5, 5.41) is 2.32. The van der Waals surface area contributed by atoms with Crippen molar-refractivity contribution in [3.63, 3.8) is 0 Å². The number of aryl methyl sites for hydroxylation is 1. The van der Waals surface area contributed by atoms with Crippen molar-refractivity contribution in [2.45, 2.75) is 31.7 Å². The van der Waals surface area contributed by atoms with Crippen molar-refractivity contribution in [1.82, 2.24) is 14.6 Å². The zero-order valence-electron chi connectivity index (χ0n) is 17.5. The fraction of sp³-hybridized carbons (Fsp3) is 0.350. The van der Waals surface area contributed by atoms with Crippen LogP contribution in [0.2, 0.25) is 0 Å². The van der Waals surface area contributed by atoms with Gasteiger partial charge in [-0.15, -0.1) is 0 Å². The number of ether oxygens (including phenoxy) is 2. The van der Waals surface area contributed by atoms with Gasteiger partial charge in [-0.25, -0.2) is 14.4 Å². The second-order valence-electron chi connectivity index (χ2n) is 7.14. The van der Waals surface area contributed by atoms with Crippen molar-refractivity contribution in [3.8, 4) is 0 Å². The van der Waals surface area contributed by atoms with E-state index in [0.29, 0.717) is 5.56 Å². The number of nitrogens with zero attached hydrogens (tertiary/aromatic N) is 1. The molecule has 12 heteroatoms. The fourth-order valence-corrected chi connectivity index (χ4v) is 4.11. The summed E-state index contributed by atoms with van der Waals surface area (Å²) in [6.45, 7) is 1.24. The first-order chi connectivity index (χ1) is 15.2. The molecule has 0 fully saturated rings. The predicted molar refractivity (Wildman–Crippen MR) is 114 cm³/mol. The van der Waals surface area contributed by atoms with Gasteiger partial charge in [0.15, 0.2) is 6.23 Å². The van der Waals surface area contributed by atoms with Crippen LogP contribution in [0, 0.1) is 6.92 Å². The molecule has 2 aromatic rings. The number of rotatable bonds is 9. The highest BCUT2D eigenvalue weighted by Gasteiger charge is 2.32. The number of hydrogen-bond acceptors (Lipinski definition) is 7. The molecule has 2 heterocycles. The Hall–Kier alpha value is -2.82. The van der Waals surface area contributed by atoms with Gasteiger partial charge < -0.3 is 14.4 Å². The van der Waals surface area contributed by atoms with Gasteiger partial charge in [0, 0.05) is 11.8 Å². The van der Waals surface area contributed by atoms with Crippen LogP contribution in [0.15, 0.2) is 58.3 Å². The van der Waals surface area contributed by atoms with Crippen LogP contribution < -0.4 is 16.3 Å². The van der Waals surface area contributed by atoms with Gasteiger partial charge in [0.1, 0.15) is 12.1 Å². The van der Waals surface area contributed by atoms with Gasteiger partial charge in [-0.3, -0.25) is 23.7 Å². The zero-order valence-corrected chi connectivity index (χ0v) is 18.4. The Morgan fingerprint density at radius 2 is 2.03 bits per heavy atom. The molecule has 4 atom stereocenters. The van der Waals surface area contributed by atoms with Gasteiger partial charge in [-0.2, -0.15) is 0 Å². The lowest BCUT2D eigenvalue weighted by Gasteiger charge is -2.22. The first-order valence-corrected chi connectivity index (χ1v) is 11.3. The second-order valence-corrected chi connectivity index (χ2v) is 8.70. The molecule has 0 aliphatic carbocycles. The van der Waals surface area contributed by atoms with E-state index in [4.69, 9.17) is 14.0 Å². The molecule has 3 unspecified atom stereocenters. The maximum atomic E-state index is 12.5. The lowest BCUT2D eigenvalue weighted by Crippen LogP contribution is -2.38. The van der Waals surface area contributed by atoms with Crippen LogP contribution in [0.1, 0.15) is 17.4 Å². The van der Waals surface area contributed by atoms with Crippen molar-refractivity contribution in [2.24, 2.45) is 0 Å². The first-order valence-electron chi connectivity index (χ1n) is 9.71. The van der Waals surface area contributed by atoms with Crippen LogP contribution in [0.4, 0.5) is 0 Å². The third-order valence-corrected chi connectivity index (χ3v) is 5.86. The van der Waals surface area contributed by atoms with E-state index >= 15 is 0 Å².